The van der Waals surface area contributed by atoms with E-state index in [1.54, 1.807) is 0 Å². The molecule has 2 heterocycles. The van der Waals surface area contributed by atoms with E-state index in [1.165, 1.54) is 4.68 Å². The van der Waals surface area contributed by atoms with Crippen LogP contribution in [0.15, 0.2) is 30.3 Å². The van der Waals surface area contributed by atoms with Crippen molar-refractivity contribution in [2.45, 2.75) is 32.8 Å². The van der Waals surface area contributed by atoms with E-state index >= 15 is 0 Å². The lowest BCUT2D eigenvalue weighted by molar-refractivity contribution is 0.133. The van der Waals surface area contributed by atoms with E-state index in [4.69, 9.17) is 9.47 Å². The average molecular weight is 286 g/mol. The van der Waals surface area contributed by atoms with Crippen molar-refractivity contribution < 1.29 is 14.3 Å². The third kappa shape index (κ3) is 2.91. The quantitative estimate of drug-likeness (QED) is 0.851. The topological polar surface area (TPSA) is 53.4 Å². The molecule has 1 aromatic heterocycles. The van der Waals surface area contributed by atoms with Gasteiger partial charge in [0.25, 0.3) is 0 Å². The number of carbonyl (C=O) groups excluding carboxylic acids is 1. The van der Waals surface area contributed by atoms with Gasteiger partial charge in [-0.2, -0.15) is 5.10 Å². The maximum Gasteiger partial charge on any atom is 0.438 e. The van der Waals surface area contributed by atoms with Crippen LogP contribution in [-0.2, 0) is 17.8 Å². The number of fused-ring (bicyclic) bond motifs is 1. The molecule has 0 saturated heterocycles. The van der Waals surface area contributed by atoms with Gasteiger partial charge in [-0.05, 0) is 31.7 Å². The Morgan fingerprint density at radius 3 is 2.95 bits per heavy atom. The molecule has 2 aromatic rings. The van der Waals surface area contributed by atoms with E-state index in [-0.39, 0.29) is 6.61 Å². The molecule has 5 nitrogen and oxygen atoms in total. The van der Waals surface area contributed by atoms with E-state index in [0.717, 1.165) is 36.1 Å². The summed E-state index contributed by atoms with van der Waals surface area (Å²) < 4.78 is 12.2. The van der Waals surface area contributed by atoms with E-state index in [9.17, 15) is 4.79 Å². The number of benzene rings is 1. The van der Waals surface area contributed by atoms with Gasteiger partial charge in [-0.1, -0.05) is 30.3 Å². The first-order valence-corrected chi connectivity index (χ1v) is 7.18. The van der Waals surface area contributed by atoms with Crippen molar-refractivity contribution in [2.24, 2.45) is 0 Å². The lowest BCUT2D eigenvalue weighted by atomic mass is 10.1. The number of hydrogen-bond acceptors (Lipinski definition) is 4. The number of nitrogens with zero attached hydrogens (tertiary/aromatic N) is 2. The molecule has 3 rings (SSSR count). The summed E-state index contributed by atoms with van der Waals surface area (Å²) >= 11 is 0. The average Bonchev–Trinajstić information content (AvgIpc) is 2.69. The molecule has 0 unspecified atom stereocenters. The summed E-state index contributed by atoms with van der Waals surface area (Å²) in [6, 6.07) is 9.58. The van der Waals surface area contributed by atoms with Crippen molar-refractivity contribution in [3.8, 4) is 5.88 Å². The molecular formula is C16H18N2O3. The molecule has 21 heavy (non-hydrogen) atoms. The fourth-order valence-electron chi connectivity index (χ4n) is 2.45. The van der Waals surface area contributed by atoms with E-state index in [0.29, 0.717) is 12.5 Å². The molecule has 0 radical (unpaired) electrons. The Kier molecular flexibility index (Phi) is 3.90. The highest BCUT2D eigenvalue weighted by Crippen LogP contribution is 2.27. The second kappa shape index (κ2) is 5.99. The third-order valence-corrected chi connectivity index (χ3v) is 3.58. The zero-order valence-electron chi connectivity index (χ0n) is 12.0. The van der Waals surface area contributed by atoms with Crippen LogP contribution in [0.2, 0.25) is 0 Å². The molecule has 1 aliphatic heterocycles. The first kappa shape index (κ1) is 13.7. The van der Waals surface area contributed by atoms with Crippen molar-refractivity contribution in [1.82, 2.24) is 9.78 Å². The lowest BCUT2D eigenvalue weighted by Gasteiger charge is -2.08. The number of aromatic nitrogens is 2. The molecule has 5 heteroatoms. The summed E-state index contributed by atoms with van der Waals surface area (Å²) in [6.45, 7) is 2.74. The third-order valence-electron chi connectivity index (χ3n) is 3.58. The smallest absolute Gasteiger partial charge is 0.438 e. The zero-order valence-corrected chi connectivity index (χ0v) is 12.0. The molecule has 1 aromatic carbocycles. The Morgan fingerprint density at radius 2 is 2.14 bits per heavy atom. The van der Waals surface area contributed by atoms with Gasteiger partial charge >= 0.3 is 6.09 Å². The normalized spacial score (nSPS) is 14.0. The number of carbonyl (C=O) groups is 1. The minimum Gasteiger partial charge on any atom is -0.477 e. The summed E-state index contributed by atoms with van der Waals surface area (Å²) in [4.78, 5) is 12.2. The molecular weight excluding hydrogens is 268 g/mol. The molecule has 0 spiro atoms. The maximum atomic E-state index is 12.2. The van der Waals surface area contributed by atoms with Gasteiger partial charge in [0.05, 0.1) is 12.3 Å². The Balaban J connectivity index is 1.76. The largest absolute Gasteiger partial charge is 0.477 e. The molecule has 0 amide bonds. The number of rotatable bonds is 2. The molecule has 0 atom stereocenters. The van der Waals surface area contributed by atoms with Crippen molar-refractivity contribution in [2.75, 3.05) is 6.61 Å². The minimum absolute atomic E-state index is 0.230. The summed E-state index contributed by atoms with van der Waals surface area (Å²) in [6.07, 6.45) is 2.45. The summed E-state index contributed by atoms with van der Waals surface area (Å²) in [5.74, 6) is 0.545. The van der Waals surface area contributed by atoms with Crippen LogP contribution in [0.1, 0.15) is 29.7 Å². The molecule has 1 aliphatic rings. The molecule has 0 aliphatic carbocycles. The first-order chi connectivity index (χ1) is 10.3. The molecule has 0 bridgehead atoms. The molecule has 0 fully saturated rings. The predicted octanol–water partition coefficient (Wildman–Crippen LogP) is 3.09. The van der Waals surface area contributed by atoms with Crippen LogP contribution >= 0.6 is 0 Å². The molecule has 0 N–H and O–H groups in total. The second-order valence-corrected chi connectivity index (χ2v) is 5.13. The standard InChI is InChI=1S/C16H18N2O3/c1-12-14-9-5-6-10-20-15(14)18(17-12)16(19)21-11-13-7-3-2-4-8-13/h2-4,7-8H,5-6,9-11H2,1H3. The van der Waals surface area contributed by atoms with Gasteiger partial charge in [-0.3, -0.25) is 0 Å². The highest BCUT2D eigenvalue weighted by atomic mass is 16.6. The number of hydrogen-bond donors (Lipinski definition) is 0. The Morgan fingerprint density at radius 1 is 1.33 bits per heavy atom. The van der Waals surface area contributed by atoms with Crippen molar-refractivity contribution in [3.05, 3.63) is 47.2 Å². The Bertz CT molecular complexity index is 634. The van der Waals surface area contributed by atoms with Gasteiger partial charge < -0.3 is 9.47 Å². The lowest BCUT2D eigenvalue weighted by Crippen LogP contribution is -2.17. The van der Waals surface area contributed by atoms with Crippen molar-refractivity contribution in [3.63, 3.8) is 0 Å². The molecule has 110 valence electrons. The maximum absolute atomic E-state index is 12.2. The van der Waals surface area contributed by atoms with Gasteiger partial charge in [0.1, 0.15) is 6.61 Å². The van der Waals surface area contributed by atoms with E-state index in [2.05, 4.69) is 5.10 Å². The summed E-state index contributed by atoms with van der Waals surface area (Å²) in [7, 11) is 0. The van der Waals surface area contributed by atoms with Crippen molar-refractivity contribution >= 4 is 6.09 Å². The highest BCUT2D eigenvalue weighted by molar-refractivity contribution is 5.72. The number of aryl methyl sites for hydroxylation is 1. The van der Waals surface area contributed by atoms with Crippen LogP contribution in [0.25, 0.3) is 0 Å². The highest BCUT2D eigenvalue weighted by Gasteiger charge is 2.23. The van der Waals surface area contributed by atoms with Crippen LogP contribution in [0.3, 0.4) is 0 Å². The fraction of sp³-hybridized carbons (Fsp3) is 0.375. The van der Waals surface area contributed by atoms with Crippen LogP contribution in [-0.4, -0.2) is 22.5 Å². The Labute approximate surface area is 123 Å². The van der Waals surface area contributed by atoms with Gasteiger partial charge in [0.15, 0.2) is 0 Å². The van der Waals surface area contributed by atoms with Gasteiger partial charge in [-0.25, -0.2) is 4.79 Å². The predicted molar refractivity (Wildman–Crippen MR) is 77.4 cm³/mol. The first-order valence-electron chi connectivity index (χ1n) is 7.18. The Hall–Kier alpha value is -2.30. The monoisotopic (exact) mass is 286 g/mol. The van der Waals surface area contributed by atoms with Crippen LogP contribution in [0.4, 0.5) is 4.79 Å². The SMILES string of the molecule is Cc1nn(C(=O)OCc2ccccc2)c2c1CCCCO2. The van der Waals surface area contributed by atoms with Crippen molar-refractivity contribution in [1.29, 1.82) is 0 Å². The van der Waals surface area contributed by atoms with Crippen LogP contribution < -0.4 is 4.74 Å². The van der Waals surface area contributed by atoms with E-state index in [1.807, 2.05) is 37.3 Å². The van der Waals surface area contributed by atoms with Crippen LogP contribution in [0, 0.1) is 6.92 Å². The second-order valence-electron chi connectivity index (χ2n) is 5.13. The fourth-order valence-corrected chi connectivity index (χ4v) is 2.45. The summed E-state index contributed by atoms with van der Waals surface area (Å²) in [5, 5.41) is 4.26. The van der Waals surface area contributed by atoms with Gasteiger partial charge in [0, 0.05) is 5.56 Å². The van der Waals surface area contributed by atoms with Gasteiger partial charge in [0.2, 0.25) is 5.88 Å². The number of ether oxygens (including phenoxy) is 2. The zero-order chi connectivity index (χ0) is 14.7. The molecule has 0 saturated carbocycles. The summed E-state index contributed by atoms with van der Waals surface area (Å²) in [5.41, 5.74) is 2.80. The minimum atomic E-state index is -0.495. The van der Waals surface area contributed by atoms with Crippen LogP contribution in [0.5, 0.6) is 5.88 Å². The van der Waals surface area contributed by atoms with Gasteiger partial charge in [-0.15, -0.1) is 4.68 Å². The van der Waals surface area contributed by atoms with E-state index < -0.39 is 6.09 Å².